The molecule has 1 nitrogen and oxygen atoms in total. The maximum atomic E-state index is 5.93. The molecule has 1 aromatic rings. The van der Waals surface area contributed by atoms with Gasteiger partial charge in [-0.05, 0) is 30.5 Å². The summed E-state index contributed by atoms with van der Waals surface area (Å²) in [4.78, 5) is 0. The monoisotopic (exact) mass is 225 g/mol. The summed E-state index contributed by atoms with van der Waals surface area (Å²) in [7, 11) is 0. The smallest absolute Gasteiger partial charge is 0.0409 e. The number of nitrogens with one attached hydrogen (secondary N) is 1. The molecule has 1 unspecified atom stereocenters. The van der Waals surface area contributed by atoms with Gasteiger partial charge >= 0.3 is 0 Å². The van der Waals surface area contributed by atoms with Gasteiger partial charge in [-0.25, -0.2) is 0 Å². The Kier molecular flexibility index (Phi) is 5.74. The summed E-state index contributed by atoms with van der Waals surface area (Å²) in [5.41, 5.74) is 1.26. The Labute approximate surface area is 97.8 Å². The average Bonchev–Trinajstić information content (AvgIpc) is 2.24. The van der Waals surface area contributed by atoms with Gasteiger partial charge in [0.2, 0.25) is 0 Å². The molecule has 84 valence electrons. The lowest BCUT2D eigenvalue weighted by atomic mass is 10.1. The van der Waals surface area contributed by atoms with E-state index in [9.17, 15) is 0 Å². The minimum absolute atomic E-state index is 0.633. The van der Waals surface area contributed by atoms with E-state index in [1.165, 1.54) is 24.8 Å². The first-order chi connectivity index (χ1) is 7.26. The molecule has 0 radical (unpaired) electrons. The lowest BCUT2D eigenvalue weighted by molar-refractivity contribution is 0.462. The van der Waals surface area contributed by atoms with Crippen LogP contribution in [-0.2, 0) is 6.54 Å². The molecule has 0 spiro atoms. The average molecular weight is 226 g/mol. The van der Waals surface area contributed by atoms with Crippen LogP contribution in [-0.4, -0.2) is 6.04 Å². The van der Waals surface area contributed by atoms with E-state index in [-0.39, 0.29) is 0 Å². The fraction of sp³-hybridized carbons (Fsp3) is 0.538. The summed E-state index contributed by atoms with van der Waals surface area (Å²) < 4.78 is 0. The Morgan fingerprint density at radius 3 is 2.73 bits per heavy atom. The number of hydrogen-bond donors (Lipinski definition) is 1. The molecule has 0 aliphatic rings. The van der Waals surface area contributed by atoms with Crippen LogP contribution in [0.1, 0.15) is 38.7 Å². The molecule has 0 saturated carbocycles. The summed E-state index contributed by atoms with van der Waals surface area (Å²) in [6.07, 6.45) is 3.67. The van der Waals surface area contributed by atoms with Crippen LogP contribution < -0.4 is 5.32 Å². The summed E-state index contributed by atoms with van der Waals surface area (Å²) in [5.74, 6) is 0. The second-order valence-electron chi connectivity index (χ2n) is 3.90. The molecule has 1 aromatic carbocycles. The minimum atomic E-state index is 0.633. The van der Waals surface area contributed by atoms with Gasteiger partial charge in [-0.1, -0.05) is 44.0 Å². The lowest BCUT2D eigenvalue weighted by Crippen LogP contribution is -2.27. The van der Waals surface area contributed by atoms with Gasteiger partial charge in [0.15, 0.2) is 0 Å². The first-order valence-corrected chi connectivity index (χ1v) is 6.11. The standard InChI is InChI=1S/C13H20ClN/c1-3-6-13(4-2)15-10-11-7-5-8-12(14)9-11/h5,7-9,13,15H,3-4,6,10H2,1-2H3. The van der Waals surface area contributed by atoms with E-state index in [2.05, 4.69) is 25.2 Å². The van der Waals surface area contributed by atoms with Crippen molar-refractivity contribution in [1.82, 2.24) is 5.32 Å². The molecule has 1 rings (SSSR count). The normalized spacial score (nSPS) is 12.7. The van der Waals surface area contributed by atoms with Gasteiger partial charge in [0.25, 0.3) is 0 Å². The molecule has 0 heterocycles. The molecule has 1 atom stereocenters. The second kappa shape index (κ2) is 6.86. The second-order valence-corrected chi connectivity index (χ2v) is 4.34. The predicted molar refractivity (Wildman–Crippen MR) is 67.3 cm³/mol. The number of benzene rings is 1. The highest BCUT2D eigenvalue weighted by Gasteiger charge is 2.03. The van der Waals surface area contributed by atoms with E-state index in [0.29, 0.717) is 6.04 Å². The Morgan fingerprint density at radius 2 is 2.13 bits per heavy atom. The zero-order valence-electron chi connectivity index (χ0n) is 9.59. The van der Waals surface area contributed by atoms with Crippen LogP contribution in [0.5, 0.6) is 0 Å². The van der Waals surface area contributed by atoms with Crippen molar-refractivity contribution >= 4 is 11.6 Å². The van der Waals surface area contributed by atoms with Gasteiger partial charge in [-0.2, -0.15) is 0 Å². The zero-order chi connectivity index (χ0) is 11.1. The van der Waals surface area contributed by atoms with E-state index >= 15 is 0 Å². The third-order valence-electron chi connectivity index (χ3n) is 2.61. The third kappa shape index (κ3) is 4.67. The topological polar surface area (TPSA) is 12.0 Å². The van der Waals surface area contributed by atoms with Gasteiger partial charge < -0.3 is 5.32 Å². The Morgan fingerprint density at radius 1 is 1.33 bits per heavy atom. The largest absolute Gasteiger partial charge is 0.310 e. The quantitative estimate of drug-likeness (QED) is 0.772. The van der Waals surface area contributed by atoms with Crippen molar-refractivity contribution in [3.63, 3.8) is 0 Å². The van der Waals surface area contributed by atoms with Gasteiger partial charge in [0.1, 0.15) is 0 Å². The van der Waals surface area contributed by atoms with Crippen LogP contribution in [0.2, 0.25) is 5.02 Å². The fourth-order valence-corrected chi connectivity index (χ4v) is 1.92. The van der Waals surface area contributed by atoms with Gasteiger partial charge in [-0.15, -0.1) is 0 Å². The van der Waals surface area contributed by atoms with Crippen LogP contribution in [0.3, 0.4) is 0 Å². The Bertz CT molecular complexity index is 286. The van der Waals surface area contributed by atoms with Gasteiger partial charge in [-0.3, -0.25) is 0 Å². The van der Waals surface area contributed by atoms with Crippen molar-refractivity contribution in [2.24, 2.45) is 0 Å². The molecule has 1 N–H and O–H groups in total. The van der Waals surface area contributed by atoms with Crippen LogP contribution in [0.15, 0.2) is 24.3 Å². The van der Waals surface area contributed by atoms with Gasteiger partial charge in [0, 0.05) is 17.6 Å². The van der Waals surface area contributed by atoms with Crippen molar-refractivity contribution < 1.29 is 0 Å². The highest BCUT2D eigenvalue weighted by Crippen LogP contribution is 2.11. The minimum Gasteiger partial charge on any atom is -0.310 e. The molecule has 15 heavy (non-hydrogen) atoms. The molecule has 2 heteroatoms. The van der Waals surface area contributed by atoms with Crippen molar-refractivity contribution in [3.05, 3.63) is 34.9 Å². The van der Waals surface area contributed by atoms with Crippen molar-refractivity contribution in [3.8, 4) is 0 Å². The van der Waals surface area contributed by atoms with Crippen molar-refractivity contribution in [2.45, 2.75) is 45.7 Å². The molecular weight excluding hydrogens is 206 g/mol. The van der Waals surface area contributed by atoms with E-state index in [1.54, 1.807) is 0 Å². The summed E-state index contributed by atoms with van der Waals surface area (Å²) >= 11 is 5.93. The van der Waals surface area contributed by atoms with E-state index < -0.39 is 0 Å². The number of rotatable bonds is 6. The Balaban J connectivity index is 2.41. The lowest BCUT2D eigenvalue weighted by Gasteiger charge is -2.15. The number of halogens is 1. The van der Waals surface area contributed by atoms with Crippen LogP contribution in [0.25, 0.3) is 0 Å². The number of hydrogen-bond acceptors (Lipinski definition) is 1. The third-order valence-corrected chi connectivity index (χ3v) is 2.85. The van der Waals surface area contributed by atoms with Crippen LogP contribution in [0, 0.1) is 0 Å². The predicted octanol–water partition coefficient (Wildman–Crippen LogP) is 4.01. The maximum Gasteiger partial charge on any atom is 0.0409 e. The van der Waals surface area contributed by atoms with Crippen molar-refractivity contribution in [1.29, 1.82) is 0 Å². The van der Waals surface area contributed by atoms with Gasteiger partial charge in [0.05, 0.1) is 0 Å². The van der Waals surface area contributed by atoms with Crippen molar-refractivity contribution in [2.75, 3.05) is 0 Å². The highest BCUT2D eigenvalue weighted by molar-refractivity contribution is 6.30. The summed E-state index contributed by atoms with van der Waals surface area (Å²) in [5, 5.41) is 4.37. The van der Waals surface area contributed by atoms with Crippen LogP contribution in [0.4, 0.5) is 0 Å². The first-order valence-electron chi connectivity index (χ1n) is 5.74. The molecular formula is C13H20ClN. The maximum absolute atomic E-state index is 5.93. The molecule has 0 aromatic heterocycles. The SMILES string of the molecule is CCCC(CC)NCc1cccc(Cl)c1. The van der Waals surface area contributed by atoms with E-state index in [1.807, 2.05) is 18.2 Å². The molecule has 0 fully saturated rings. The molecule has 0 saturated heterocycles. The molecule has 0 aliphatic carbocycles. The Hall–Kier alpha value is -0.530. The first kappa shape index (κ1) is 12.5. The summed E-state index contributed by atoms with van der Waals surface area (Å²) in [6, 6.07) is 8.67. The summed E-state index contributed by atoms with van der Waals surface area (Å²) in [6.45, 7) is 5.37. The molecule has 0 aliphatic heterocycles. The zero-order valence-corrected chi connectivity index (χ0v) is 10.3. The molecule has 0 amide bonds. The fourth-order valence-electron chi connectivity index (χ4n) is 1.71. The van der Waals surface area contributed by atoms with E-state index in [4.69, 9.17) is 11.6 Å². The molecule has 0 bridgehead atoms. The highest BCUT2D eigenvalue weighted by atomic mass is 35.5. The van der Waals surface area contributed by atoms with Crippen LogP contribution >= 0.6 is 11.6 Å². The van der Waals surface area contributed by atoms with E-state index in [0.717, 1.165) is 11.6 Å².